The van der Waals surface area contributed by atoms with Gasteiger partial charge in [-0.3, -0.25) is 4.79 Å². The van der Waals surface area contributed by atoms with Gasteiger partial charge in [0.25, 0.3) is 0 Å². The van der Waals surface area contributed by atoms with Crippen molar-refractivity contribution in [3.8, 4) is 0 Å². The van der Waals surface area contributed by atoms with E-state index >= 15 is 0 Å². The molecule has 0 bridgehead atoms. The minimum Gasteiger partial charge on any atom is -0.378 e. The Morgan fingerprint density at radius 3 is 2.24 bits per heavy atom. The van der Waals surface area contributed by atoms with Gasteiger partial charge in [-0.15, -0.1) is 0 Å². The van der Waals surface area contributed by atoms with Crippen LogP contribution in [0.25, 0.3) is 0 Å². The smallest absolute Gasteiger partial charge is 0.378 e. The second-order valence-corrected chi connectivity index (χ2v) is 11.2. The van der Waals surface area contributed by atoms with Gasteiger partial charge in [0.2, 0.25) is 5.91 Å². The summed E-state index contributed by atoms with van der Waals surface area (Å²) in [6.45, 7) is 4.41. The third-order valence-corrected chi connectivity index (χ3v) is 8.40. The predicted molar refractivity (Wildman–Crippen MR) is 126 cm³/mol. The zero-order valence-electron chi connectivity index (χ0n) is 21.2. The fourth-order valence-corrected chi connectivity index (χ4v) is 6.55. The maximum absolute atomic E-state index is 13.2. The Bertz CT molecular complexity index is 914. The summed E-state index contributed by atoms with van der Waals surface area (Å²) in [5.41, 5.74) is -2.99. The molecular formula is C27H36F6N2O2. The lowest BCUT2D eigenvalue weighted by atomic mass is 9.78. The van der Waals surface area contributed by atoms with Crippen molar-refractivity contribution in [2.24, 2.45) is 23.7 Å². The molecule has 1 saturated heterocycles. The summed E-state index contributed by atoms with van der Waals surface area (Å²) in [6, 6.07) is 1.91. The highest BCUT2D eigenvalue weighted by Gasteiger charge is 2.43. The predicted octanol–water partition coefficient (Wildman–Crippen LogP) is 6.33. The molecule has 1 aromatic carbocycles. The van der Waals surface area contributed by atoms with E-state index in [1.165, 1.54) is 12.8 Å². The Labute approximate surface area is 213 Å². The average molecular weight is 535 g/mol. The highest BCUT2D eigenvalue weighted by atomic mass is 19.4. The maximum atomic E-state index is 13.2. The van der Waals surface area contributed by atoms with Crippen LogP contribution in [-0.4, -0.2) is 30.7 Å². The van der Waals surface area contributed by atoms with E-state index in [-0.39, 0.29) is 47.4 Å². The first-order valence-electron chi connectivity index (χ1n) is 13.3. The van der Waals surface area contributed by atoms with Crippen LogP contribution in [-0.2, 0) is 28.4 Å². The molecule has 6 atom stereocenters. The van der Waals surface area contributed by atoms with Crippen molar-refractivity contribution in [1.82, 2.24) is 10.6 Å². The van der Waals surface area contributed by atoms with Crippen molar-refractivity contribution < 1.29 is 35.9 Å². The van der Waals surface area contributed by atoms with Gasteiger partial charge in [0.1, 0.15) is 0 Å². The summed E-state index contributed by atoms with van der Waals surface area (Å²) in [5.74, 6) is 0.0808. The quantitative estimate of drug-likeness (QED) is 0.420. The molecule has 2 aliphatic carbocycles. The largest absolute Gasteiger partial charge is 0.416 e. The molecule has 3 aliphatic rings. The summed E-state index contributed by atoms with van der Waals surface area (Å²) in [4.78, 5) is 13.2. The summed E-state index contributed by atoms with van der Waals surface area (Å²) >= 11 is 0. The fourth-order valence-electron chi connectivity index (χ4n) is 6.55. The number of alkyl halides is 6. The first-order chi connectivity index (χ1) is 17.3. The first kappa shape index (κ1) is 28.2. The van der Waals surface area contributed by atoms with Crippen molar-refractivity contribution in [3.63, 3.8) is 0 Å². The van der Waals surface area contributed by atoms with E-state index in [0.29, 0.717) is 30.5 Å². The molecule has 1 heterocycles. The molecular weight excluding hydrogens is 498 g/mol. The van der Waals surface area contributed by atoms with Crippen LogP contribution >= 0.6 is 0 Å². The lowest BCUT2D eigenvalue weighted by Gasteiger charge is -2.42. The normalized spacial score (nSPS) is 30.8. The molecule has 0 aromatic heterocycles. The molecule has 1 aliphatic heterocycles. The number of fused-ring (bicyclic) bond motifs is 1. The summed E-state index contributed by atoms with van der Waals surface area (Å²) in [5, 5.41) is 6.43. The topological polar surface area (TPSA) is 50.4 Å². The standard InChI is InChI=1S/C27H36F6N2O2/c1-15(2)21-12-19(35-23-7-8-37-24-6-4-3-5-20(23)24)13-22(21)25(36)34-14-16-9-17(26(28,29)30)11-18(10-16)27(31,32)33/h9-11,15,19-24,35H,3-8,12-14H2,1-2H3,(H,34,36)/t19-,20?,21?,22-,23?,24?/m1/s1. The van der Waals surface area contributed by atoms with E-state index in [1.807, 2.05) is 13.8 Å². The number of nitrogens with one attached hydrogen (secondary N) is 2. The zero-order valence-corrected chi connectivity index (χ0v) is 21.2. The van der Waals surface area contributed by atoms with E-state index in [9.17, 15) is 31.1 Å². The summed E-state index contributed by atoms with van der Waals surface area (Å²) in [7, 11) is 0. The van der Waals surface area contributed by atoms with Crippen LogP contribution in [0.2, 0.25) is 0 Å². The molecule has 10 heteroatoms. The van der Waals surface area contributed by atoms with Crippen LogP contribution in [0.5, 0.6) is 0 Å². The van der Waals surface area contributed by atoms with Crippen LogP contribution in [0.4, 0.5) is 26.3 Å². The van der Waals surface area contributed by atoms with Crippen LogP contribution in [0, 0.1) is 23.7 Å². The van der Waals surface area contributed by atoms with Crippen LogP contribution in [0.1, 0.15) is 75.5 Å². The van der Waals surface area contributed by atoms with Crippen LogP contribution in [0.3, 0.4) is 0 Å². The van der Waals surface area contributed by atoms with Gasteiger partial charge in [0.05, 0.1) is 17.2 Å². The minimum absolute atomic E-state index is 0.0757. The van der Waals surface area contributed by atoms with Crippen LogP contribution < -0.4 is 10.6 Å². The molecule has 0 radical (unpaired) electrons. The van der Waals surface area contributed by atoms with E-state index in [1.54, 1.807) is 0 Å². The van der Waals surface area contributed by atoms with Gasteiger partial charge in [-0.05, 0) is 67.7 Å². The average Bonchev–Trinajstić information content (AvgIpc) is 3.26. The van der Waals surface area contributed by atoms with E-state index < -0.39 is 30.0 Å². The van der Waals surface area contributed by atoms with Gasteiger partial charge in [-0.2, -0.15) is 26.3 Å². The van der Waals surface area contributed by atoms with Crippen molar-refractivity contribution in [3.05, 3.63) is 34.9 Å². The number of ether oxygens (including phenoxy) is 1. The van der Waals surface area contributed by atoms with Gasteiger partial charge in [0, 0.05) is 37.1 Å². The third kappa shape index (κ3) is 6.80. The molecule has 3 fully saturated rings. The molecule has 4 nitrogen and oxygen atoms in total. The highest BCUT2D eigenvalue weighted by molar-refractivity contribution is 5.79. The first-order valence-corrected chi connectivity index (χ1v) is 13.3. The van der Waals surface area contributed by atoms with Gasteiger partial charge in [0.15, 0.2) is 0 Å². The van der Waals surface area contributed by atoms with E-state index in [2.05, 4.69) is 10.6 Å². The maximum Gasteiger partial charge on any atom is 0.416 e. The third-order valence-electron chi connectivity index (χ3n) is 8.40. The molecule has 208 valence electrons. The molecule has 4 rings (SSSR count). The van der Waals surface area contributed by atoms with E-state index in [0.717, 1.165) is 32.3 Å². The highest BCUT2D eigenvalue weighted by Crippen LogP contribution is 2.40. The lowest BCUT2D eigenvalue weighted by Crippen LogP contribution is -2.51. The monoisotopic (exact) mass is 534 g/mol. The van der Waals surface area contributed by atoms with Crippen LogP contribution in [0.15, 0.2) is 18.2 Å². The summed E-state index contributed by atoms with van der Waals surface area (Å²) < 4.78 is 85.1. The Morgan fingerprint density at radius 2 is 1.62 bits per heavy atom. The Hall–Kier alpha value is -1.81. The molecule has 4 unspecified atom stereocenters. The number of hydrogen-bond donors (Lipinski definition) is 2. The van der Waals surface area contributed by atoms with Crippen molar-refractivity contribution in [1.29, 1.82) is 0 Å². The zero-order chi connectivity index (χ0) is 27.0. The Morgan fingerprint density at radius 1 is 0.973 bits per heavy atom. The number of halogens is 6. The number of carbonyl (C=O) groups excluding carboxylic acids is 1. The van der Waals surface area contributed by atoms with Gasteiger partial charge in [-0.25, -0.2) is 0 Å². The second-order valence-electron chi connectivity index (χ2n) is 11.2. The van der Waals surface area contributed by atoms with Crippen molar-refractivity contribution >= 4 is 5.91 Å². The SMILES string of the molecule is CC(C)C1C[C@@H](NC2CCOC3CCCCC23)C[C@H]1C(=O)NCc1cc(C(F)(F)F)cc(C(F)(F)F)c1. The molecule has 37 heavy (non-hydrogen) atoms. The van der Waals surface area contributed by atoms with E-state index in [4.69, 9.17) is 4.74 Å². The number of carbonyl (C=O) groups is 1. The lowest BCUT2D eigenvalue weighted by molar-refractivity contribution is -0.143. The van der Waals surface area contributed by atoms with Crippen molar-refractivity contribution in [2.45, 2.75) is 95.9 Å². The second kappa shape index (κ2) is 11.1. The number of benzene rings is 1. The number of amides is 1. The molecule has 1 amide bonds. The van der Waals surface area contributed by atoms with Gasteiger partial charge in [-0.1, -0.05) is 26.7 Å². The number of rotatable bonds is 6. The Kier molecular flexibility index (Phi) is 8.48. The Balaban J connectivity index is 1.42. The molecule has 0 spiro atoms. The molecule has 2 saturated carbocycles. The van der Waals surface area contributed by atoms with Gasteiger partial charge < -0.3 is 15.4 Å². The summed E-state index contributed by atoms with van der Waals surface area (Å²) in [6.07, 6.45) is -2.63. The van der Waals surface area contributed by atoms with Gasteiger partial charge >= 0.3 is 12.4 Å². The van der Waals surface area contributed by atoms with Crippen molar-refractivity contribution in [2.75, 3.05) is 6.61 Å². The number of hydrogen-bond acceptors (Lipinski definition) is 3. The minimum atomic E-state index is -4.92. The molecule has 1 aromatic rings. The molecule has 2 N–H and O–H groups in total. The fraction of sp³-hybridized carbons (Fsp3) is 0.741.